The molecule has 0 saturated heterocycles. The molecule has 0 fully saturated rings. The van der Waals surface area contributed by atoms with E-state index in [1.165, 1.54) is 0 Å². The highest BCUT2D eigenvalue weighted by molar-refractivity contribution is 5.93. The van der Waals surface area contributed by atoms with E-state index in [2.05, 4.69) is 16.0 Å². The molecular weight excluding hydrogens is 246 g/mol. The summed E-state index contributed by atoms with van der Waals surface area (Å²) in [5.74, 6) is 0.494. The monoisotopic (exact) mass is 265 g/mol. The molecule has 0 aromatic heterocycles. The number of carbonyl (C=O) groups is 2. The number of amides is 3. The van der Waals surface area contributed by atoms with Gasteiger partial charge in [0.2, 0.25) is 5.91 Å². The number of rotatable bonds is 5. The highest BCUT2D eigenvalue weighted by atomic mass is 16.5. The number of urea groups is 1. The molecule has 0 unspecified atom stereocenters. The molecule has 6 nitrogen and oxygen atoms in total. The van der Waals surface area contributed by atoms with Gasteiger partial charge in [-0.2, -0.15) is 0 Å². The molecule has 1 rings (SSSR count). The van der Waals surface area contributed by atoms with Crippen LogP contribution in [-0.4, -0.2) is 31.6 Å². The largest absolute Gasteiger partial charge is 0.497 e. The number of nitrogens with one attached hydrogen (secondary N) is 3. The minimum absolute atomic E-state index is 0.215. The number of benzene rings is 1. The molecule has 3 amide bonds. The summed E-state index contributed by atoms with van der Waals surface area (Å²) in [6.45, 7) is 3.98. The van der Waals surface area contributed by atoms with E-state index in [4.69, 9.17) is 4.74 Å². The van der Waals surface area contributed by atoms with E-state index in [0.717, 1.165) is 0 Å². The quantitative estimate of drug-likeness (QED) is 0.751. The maximum atomic E-state index is 11.7. The second kappa shape index (κ2) is 7.25. The van der Waals surface area contributed by atoms with Gasteiger partial charge in [-0.25, -0.2) is 4.79 Å². The van der Waals surface area contributed by atoms with Crippen molar-refractivity contribution >= 4 is 17.6 Å². The van der Waals surface area contributed by atoms with Gasteiger partial charge in [-0.3, -0.25) is 4.79 Å². The Labute approximate surface area is 112 Å². The zero-order valence-electron chi connectivity index (χ0n) is 11.3. The lowest BCUT2D eigenvalue weighted by Crippen LogP contribution is -2.46. The van der Waals surface area contributed by atoms with Crippen LogP contribution in [0, 0.1) is 0 Å². The molecule has 6 heteroatoms. The lowest BCUT2D eigenvalue weighted by atomic mass is 10.3. The number of likely N-dealkylation sites (N-methyl/N-ethyl adjacent to an activating group) is 1. The molecular formula is C13H19N3O3. The van der Waals surface area contributed by atoms with Crippen LogP contribution in [0.3, 0.4) is 0 Å². The van der Waals surface area contributed by atoms with Crippen LogP contribution < -0.4 is 20.7 Å². The number of hydrogen-bond donors (Lipinski definition) is 3. The average Bonchev–Trinajstić information content (AvgIpc) is 2.39. The fourth-order valence-corrected chi connectivity index (χ4v) is 1.43. The molecule has 1 aromatic carbocycles. The number of hydrogen-bond acceptors (Lipinski definition) is 3. The van der Waals surface area contributed by atoms with Crippen molar-refractivity contribution in [2.45, 2.75) is 19.9 Å². The van der Waals surface area contributed by atoms with Gasteiger partial charge in [-0.1, -0.05) is 0 Å². The van der Waals surface area contributed by atoms with E-state index in [9.17, 15) is 9.59 Å². The third-order valence-corrected chi connectivity index (χ3v) is 2.44. The van der Waals surface area contributed by atoms with E-state index in [1.54, 1.807) is 38.3 Å². The van der Waals surface area contributed by atoms with Crippen molar-refractivity contribution in [1.29, 1.82) is 0 Å². The SMILES string of the molecule is CCNC(=O)[C@@H](C)NC(=O)Nc1ccc(OC)cc1. The normalized spacial score (nSPS) is 11.3. The van der Waals surface area contributed by atoms with Crippen LogP contribution in [0.2, 0.25) is 0 Å². The number of methoxy groups -OCH3 is 1. The first-order valence-corrected chi connectivity index (χ1v) is 6.06. The van der Waals surface area contributed by atoms with Crippen LogP contribution in [0.4, 0.5) is 10.5 Å². The van der Waals surface area contributed by atoms with Gasteiger partial charge in [-0.15, -0.1) is 0 Å². The van der Waals surface area contributed by atoms with Crippen molar-refractivity contribution in [2.75, 3.05) is 19.0 Å². The zero-order valence-corrected chi connectivity index (χ0v) is 11.3. The fourth-order valence-electron chi connectivity index (χ4n) is 1.43. The topological polar surface area (TPSA) is 79.5 Å². The molecule has 1 aromatic rings. The maximum Gasteiger partial charge on any atom is 0.319 e. The van der Waals surface area contributed by atoms with E-state index < -0.39 is 12.1 Å². The second-order valence-electron chi connectivity index (χ2n) is 3.94. The van der Waals surface area contributed by atoms with Gasteiger partial charge in [0.05, 0.1) is 7.11 Å². The van der Waals surface area contributed by atoms with Gasteiger partial charge in [-0.05, 0) is 38.1 Å². The van der Waals surface area contributed by atoms with E-state index in [0.29, 0.717) is 18.0 Å². The Morgan fingerprint density at radius 3 is 2.42 bits per heavy atom. The molecule has 19 heavy (non-hydrogen) atoms. The van der Waals surface area contributed by atoms with Crippen LogP contribution in [0.5, 0.6) is 5.75 Å². The molecule has 0 aliphatic heterocycles. The minimum atomic E-state index is -0.585. The Hall–Kier alpha value is -2.24. The van der Waals surface area contributed by atoms with Gasteiger partial charge < -0.3 is 20.7 Å². The van der Waals surface area contributed by atoms with Crippen molar-refractivity contribution in [3.8, 4) is 5.75 Å². The summed E-state index contributed by atoms with van der Waals surface area (Å²) in [5, 5.41) is 7.82. The molecule has 0 heterocycles. The first kappa shape index (κ1) is 14.8. The number of carbonyl (C=O) groups excluding carboxylic acids is 2. The van der Waals surface area contributed by atoms with Crippen molar-refractivity contribution in [3.05, 3.63) is 24.3 Å². The first-order chi connectivity index (χ1) is 9.06. The smallest absolute Gasteiger partial charge is 0.319 e. The van der Waals surface area contributed by atoms with Crippen LogP contribution in [0.15, 0.2) is 24.3 Å². The van der Waals surface area contributed by atoms with Crippen LogP contribution in [0.1, 0.15) is 13.8 Å². The van der Waals surface area contributed by atoms with Gasteiger partial charge in [0.15, 0.2) is 0 Å². The lowest BCUT2D eigenvalue weighted by molar-refractivity contribution is -0.122. The van der Waals surface area contributed by atoms with Crippen LogP contribution >= 0.6 is 0 Å². The highest BCUT2D eigenvalue weighted by Crippen LogP contribution is 2.14. The highest BCUT2D eigenvalue weighted by Gasteiger charge is 2.14. The van der Waals surface area contributed by atoms with E-state index in [1.807, 2.05) is 6.92 Å². The van der Waals surface area contributed by atoms with Crippen molar-refractivity contribution in [2.24, 2.45) is 0 Å². The molecule has 104 valence electrons. The summed E-state index contributed by atoms with van der Waals surface area (Å²) in [6.07, 6.45) is 0. The van der Waals surface area contributed by atoms with Crippen molar-refractivity contribution in [1.82, 2.24) is 10.6 Å². The Balaban J connectivity index is 2.48. The Morgan fingerprint density at radius 1 is 1.26 bits per heavy atom. The molecule has 0 radical (unpaired) electrons. The third-order valence-electron chi connectivity index (χ3n) is 2.44. The summed E-state index contributed by atoms with van der Waals surface area (Å²) in [7, 11) is 1.57. The Kier molecular flexibility index (Phi) is 5.66. The van der Waals surface area contributed by atoms with Gasteiger partial charge in [0.1, 0.15) is 11.8 Å². The Morgan fingerprint density at radius 2 is 1.89 bits per heavy atom. The second-order valence-corrected chi connectivity index (χ2v) is 3.94. The standard InChI is InChI=1S/C13H19N3O3/c1-4-14-12(17)9(2)15-13(18)16-10-5-7-11(19-3)8-6-10/h5-9H,4H2,1-3H3,(H,14,17)(H2,15,16,18)/t9-/m1/s1. The molecule has 3 N–H and O–H groups in total. The molecule has 0 aliphatic carbocycles. The van der Waals surface area contributed by atoms with Crippen molar-refractivity contribution in [3.63, 3.8) is 0 Å². The minimum Gasteiger partial charge on any atom is -0.497 e. The number of ether oxygens (including phenoxy) is 1. The van der Waals surface area contributed by atoms with Crippen LogP contribution in [-0.2, 0) is 4.79 Å². The molecule has 0 aliphatic rings. The number of anilines is 1. The zero-order chi connectivity index (χ0) is 14.3. The summed E-state index contributed by atoms with van der Waals surface area (Å²) in [6, 6.07) is 5.90. The van der Waals surface area contributed by atoms with E-state index in [-0.39, 0.29) is 5.91 Å². The Bertz CT molecular complexity index is 431. The predicted octanol–water partition coefficient (Wildman–Crippen LogP) is 1.34. The molecule has 0 spiro atoms. The average molecular weight is 265 g/mol. The maximum absolute atomic E-state index is 11.7. The predicted molar refractivity (Wildman–Crippen MR) is 73.3 cm³/mol. The first-order valence-electron chi connectivity index (χ1n) is 6.06. The summed E-state index contributed by atoms with van der Waals surface area (Å²) >= 11 is 0. The molecule has 0 saturated carbocycles. The van der Waals surface area contributed by atoms with Crippen molar-refractivity contribution < 1.29 is 14.3 Å². The molecule has 0 bridgehead atoms. The van der Waals surface area contributed by atoms with Crippen LogP contribution in [0.25, 0.3) is 0 Å². The molecule has 1 atom stereocenters. The van der Waals surface area contributed by atoms with Gasteiger partial charge in [0, 0.05) is 12.2 Å². The van der Waals surface area contributed by atoms with Gasteiger partial charge >= 0.3 is 6.03 Å². The summed E-state index contributed by atoms with van der Waals surface area (Å²) < 4.78 is 5.02. The lowest BCUT2D eigenvalue weighted by Gasteiger charge is -2.14. The third kappa shape index (κ3) is 4.87. The summed E-state index contributed by atoms with van der Waals surface area (Å²) in [4.78, 5) is 23.1. The fraction of sp³-hybridized carbons (Fsp3) is 0.385. The van der Waals surface area contributed by atoms with E-state index >= 15 is 0 Å². The van der Waals surface area contributed by atoms with Gasteiger partial charge in [0.25, 0.3) is 0 Å². The summed E-state index contributed by atoms with van der Waals surface area (Å²) in [5.41, 5.74) is 0.626.